The monoisotopic (exact) mass is 375 g/mol. The van der Waals surface area contributed by atoms with E-state index in [2.05, 4.69) is 0 Å². The van der Waals surface area contributed by atoms with Crippen LogP contribution in [0.2, 0.25) is 0 Å². The summed E-state index contributed by atoms with van der Waals surface area (Å²) in [6.07, 6.45) is 4.29. The number of ketones is 1. The standard InChI is InChI=1S/C21H29NO5/c1-14(23)21(2)13-22(20(24)26-4)12-17(21)15-9-10-18(25-3)19(11-15)27-16-7-5-6-8-16/h9-11,16-17H,5-8,12-13H2,1-4H3/t17-,21?/m1/s1. The van der Waals surface area contributed by atoms with Crippen LogP contribution >= 0.6 is 0 Å². The molecule has 0 bridgehead atoms. The van der Waals surface area contributed by atoms with Gasteiger partial charge in [-0.25, -0.2) is 4.79 Å². The highest BCUT2D eigenvalue weighted by Crippen LogP contribution is 2.45. The van der Waals surface area contributed by atoms with E-state index < -0.39 is 11.5 Å². The second-order valence-electron chi connectivity index (χ2n) is 7.81. The summed E-state index contributed by atoms with van der Waals surface area (Å²) in [5.74, 6) is 1.35. The molecule has 0 spiro atoms. The average molecular weight is 375 g/mol. The molecule has 1 unspecified atom stereocenters. The molecule has 6 heteroatoms. The van der Waals surface area contributed by atoms with Gasteiger partial charge in [-0.1, -0.05) is 13.0 Å². The van der Waals surface area contributed by atoms with Crippen molar-refractivity contribution in [1.82, 2.24) is 4.90 Å². The van der Waals surface area contributed by atoms with Crippen molar-refractivity contribution in [2.24, 2.45) is 5.41 Å². The molecule has 0 N–H and O–H groups in total. The first-order valence-electron chi connectivity index (χ1n) is 9.57. The van der Waals surface area contributed by atoms with E-state index in [-0.39, 0.29) is 17.8 Å². The van der Waals surface area contributed by atoms with Crippen LogP contribution in [0.3, 0.4) is 0 Å². The van der Waals surface area contributed by atoms with Crippen LogP contribution in [0.5, 0.6) is 11.5 Å². The third kappa shape index (κ3) is 3.75. The Kier molecular flexibility index (Phi) is 5.63. The lowest BCUT2D eigenvalue weighted by Crippen LogP contribution is -2.35. The van der Waals surface area contributed by atoms with E-state index in [1.165, 1.54) is 20.0 Å². The minimum absolute atomic E-state index is 0.0629. The summed E-state index contributed by atoms with van der Waals surface area (Å²) in [5, 5.41) is 0. The van der Waals surface area contributed by atoms with Crippen LogP contribution in [0, 0.1) is 5.41 Å². The molecule has 0 radical (unpaired) electrons. The molecule has 2 fully saturated rings. The average Bonchev–Trinajstić information content (AvgIpc) is 3.29. The fourth-order valence-corrected chi connectivity index (χ4v) is 4.28. The molecule has 1 aromatic carbocycles. The molecular formula is C21H29NO5. The summed E-state index contributed by atoms with van der Waals surface area (Å²) in [6.45, 7) is 4.31. The van der Waals surface area contributed by atoms with Crippen LogP contribution in [-0.2, 0) is 9.53 Å². The van der Waals surface area contributed by atoms with Crippen molar-refractivity contribution >= 4 is 11.9 Å². The van der Waals surface area contributed by atoms with E-state index >= 15 is 0 Å². The number of carbonyl (C=O) groups is 2. The first kappa shape index (κ1) is 19.5. The largest absolute Gasteiger partial charge is 0.493 e. The molecule has 2 atom stereocenters. The zero-order chi connectivity index (χ0) is 19.6. The summed E-state index contributed by atoms with van der Waals surface area (Å²) in [4.78, 5) is 26.1. The van der Waals surface area contributed by atoms with E-state index in [0.29, 0.717) is 24.6 Å². The molecular weight excluding hydrogens is 346 g/mol. The molecule has 1 aliphatic heterocycles. The number of Topliss-reactive ketones (excluding diaryl/α,β-unsaturated/α-hetero) is 1. The van der Waals surface area contributed by atoms with Crippen molar-refractivity contribution in [3.63, 3.8) is 0 Å². The van der Waals surface area contributed by atoms with Crippen molar-refractivity contribution in [3.05, 3.63) is 23.8 Å². The molecule has 1 amide bonds. The number of ether oxygens (including phenoxy) is 3. The molecule has 1 heterocycles. The van der Waals surface area contributed by atoms with Gasteiger partial charge in [0.1, 0.15) is 5.78 Å². The second-order valence-corrected chi connectivity index (χ2v) is 7.81. The Morgan fingerprint density at radius 2 is 1.85 bits per heavy atom. The Morgan fingerprint density at radius 1 is 1.15 bits per heavy atom. The van der Waals surface area contributed by atoms with Crippen molar-refractivity contribution in [3.8, 4) is 11.5 Å². The highest BCUT2D eigenvalue weighted by Gasteiger charge is 2.49. The Morgan fingerprint density at radius 3 is 2.44 bits per heavy atom. The predicted molar refractivity (Wildman–Crippen MR) is 101 cm³/mol. The van der Waals surface area contributed by atoms with Gasteiger partial charge in [0.15, 0.2) is 11.5 Å². The number of nitrogens with zero attached hydrogens (tertiary/aromatic N) is 1. The first-order valence-corrected chi connectivity index (χ1v) is 9.57. The van der Waals surface area contributed by atoms with Gasteiger partial charge in [0.25, 0.3) is 0 Å². The third-order valence-electron chi connectivity index (χ3n) is 6.11. The highest BCUT2D eigenvalue weighted by molar-refractivity contribution is 5.85. The van der Waals surface area contributed by atoms with E-state index in [4.69, 9.17) is 14.2 Å². The molecule has 1 aromatic rings. The lowest BCUT2D eigenvalue weighted by Gasteiger charge is -2.28. The van der Waals surface area contributed by atoms with Gasteiger partial charge in [-0.3, -0.25) is 4.79 Å². The highest BCUT2D eigenvalue weighted by atomic mass is 16.5. The maximum Gasteiger partial charge on any atom is 0.409 e. The molecule has 2 aliphatic rings. The Bertz CT molecular complexity index is 713. The van der Waals surface area contributed by atoms with Crippen molar-refractivity contribution < 1.29 is 23.8 Å². The van der Waals surface area contributed by atoms with E-state index in [9.17, 15) is 9.59 Å². The SMILES string of the molecule is COC(=O)N1C[C@H](c2ccc(OC)c(OC3CCCC3)c2)C(C)(C(C)=O)C1. The smallest absolute Gasteiger partial charge is 0.409 e. The lowest BCUT2D eigenvalue weighted by atomic mass is 9.73. The summed E-state index contributed by atoms with van der Waals surface area (Å²) >= 11 is 0. The number of hydrogen-bond acceptors (Lipinski definition) is 5. The molecule has 6 nitrogen and oxygen atoms in total. The van der Waals surface area contributed by atoms with Crippen molar-refractivity contribution in [2.75, 3.05) is 27.3 Å². The fourth-order valence-electron chi connectivity index (χ4n) is 4.28. The first-order chi connectivity index (χ1) is 12.9. The zero-order valence-electron chi connectivity index (χ0n) is 16.6. The van der Waals surface area contributed by atoms with Crippen molar-refractivity contribution in [2.45, 2.75) is 51.6 Å². The van der Waals surface area contributed by atoms with Crippen LogP contribution in [0.25, 0.3) is 0 Å². The topological polar surface area (TPSA) is 65.1 Å². The molecule has 27 heavy (non-hydrogen) atoms. The third-order valence-corrected chi connectivity index (χ3v) is 6.11. The van der Waals surface area contributed by atoms with Crippen LogP contribution in [0.4, 0.5) is 4.79 Å². The molecule has 1 aliphatic carbocycles. The van der Waals surface area contributed by atoms with Crippen LogP contribution in [-0.4, -0.2) is 50.2 Å². The van der Waals surface area contributed by atoms with E-state index in [0.717, 1.165) is 18.4 Å². The number of hydrogen-bond donors (Lipinski definition) is 0. The summed E-state index contributed by atoms with van der Waals surface area (Å²) in [7, 11) is 2.99. The minimum Gasteiger partial charge on any atom is -0.493 e. The number of likely N-dealkylation sites (tertiary alicyclic amines) is 1. The van der Waals surface area contributed by atoms with Gasteiger partial charge in [-0.05, 0) is 50.3 Å². The Balaban J connectivity index is 1.92. The van der Waals surface area contributed by atoms with Gasteiger partial charge in [0.2, 0.25) is 0 Å². The molecule has 1 saturated heterocycles. The summed E-state index contributed by atoms with van der Waals surface area (Å²) < 4.78 is 16.6. The van der Waals surface area contributed by atoms with Gasteiger partial charge < -0.3 is 19.1 Å². The number of benzene rings is 1. The van der Waals surface area contributed by atoms with Gasteiger partial charge in [0, 0.05) is 19.0 Å². The zero-order valence-corrected chi connectivity index (χ0v) is 16.6. The normalized spacial score (nSPS) is 25.5. The molecule has 0 aromatic heterocycles. The summed E-state index contributed by atoms with van der Waals surface area (Å²) in [6, 6.07) is 5.83. The van der Waals surface area contributed by atoms with Gasteiger partial charge in [0.05, 0.1) is 25.7 Å². The molecule has 1 saturated carbocycles. The fraction of sp³-hybridized carbons (Fsp3) is 0.619. The number of rotatable bonds is 5. The van der Waals surface area contributed by atoms with Crippen LogP contribution in [0.1, 0.15) is 51.0 Å². The van der Waals surface area contributed by atoms with Crippen LogP contribution < -0.4 is 9.47 Å². The number of methoxy groups -OCH3 is 2. The van der Waals surface area contributed by atoms with Crippen LogP contribution in [0.15, 0.2) is 18.2 Å². The second kappa shape index (κ2) is 7.79. The Labute approximate surface area is 160 Å². The molecule has 3 rings (SSSR count). The number of carbonyl (C=O) groups excluding carboxylic acids is 2. The quantitative estimate of drug-likeness (QED) is 0.784. The van der Waals surface area contributed by atoms with Gasteiger partial charge >= 0.3 is 6.09 Å². The lowest BCUT2D eigenvalue weighted by molar-refractivity contribution is -0.125. The van der Waals surface area contributed by atoms with E-state index in [1.807, 2.05) is 25.1 Å². The van der Waals surface area contributed by atoms with Gasteiger partial charge in [-0.2, -0.15) is 0 Å². The maximum atomic E-state index is 12.5. The Hall–Kier alpha value is -2.24. The maximum absolute atomic E-state index is 12.5. The molecule has 148 valence electrons. The van der Waals surface area contributed by atoms with Gasteiger partial charge in [-0.15, -0.1) is 0 Å². The minimum atomic E-state index is -0.659. The van der Waals surface area contributed by atoms with E-state index in [1.54, 1.807) is 18.9 Å². The predicted octanol–water partition coefficient (Wildman–Crippen LogP) is 3.78. The van der Waals surface area contributed by atoms with Crippen molar-refractivity contribution in [1.29, 1.82) is 0 Å². The summed E-state index contributed by atoms with van der Waals surface area (Å²) in [5.41, 5.74) is 0.320. The number of amides is 1.